The van der Waals surface area contributed by atoms with Gasteiger partial charge in [-0.05, 0) is 54.4 Å². The molecule has 1 aliphatic heterocycles. The van der Waals surface area contributed by atoms with E-state index in [0.717, 1.165) is 16.8 Å². The first-order valence-electron chi connectivity index (χ1n) is 12.6. The van der Waals surface area contributed by atoms with Crippen LogP contribution in [0.25, 0.3) is 0 Å². The summed E-state index contributed by atoms with van der Waals surface area (Å²) in [5.41, 5.74) is 3.40. The first-order chi connectivity index (χ1) is 18.7. The third kappa shape index (κ3) is 7.79. The summed E-state index contributed by atoms with van der Waals surface area (Å²) in [5, 5.41) is 11.9. The molecule has 0 aromatic heterocycles. The third-order valence-corrected chi connectivity index (χ3v) is 8.06. The fourth-order valence-electron chi connectivity index (χ4n) is 4.14. The Morgan fingerprint density at radius 1 is 0.923 bits per heavy atom. The number of nitrogens with one attached hydrogen (secondary N) is 2. The molecule has 1 heterocycles. The van der Waals surface area contributed by atoms with Crippen LogP contribution in [0.3, 0.4) is 0 Å². The van der Waals surface area contributed by atoms with Crippen LogP contribution in [0.15, 0.2) is 78.9 Å². The summed E-state index contributed by atoms with van der Waals surface area (Å²) in [5.74, 6) is -0.701. The summed E-state index contributed by atoms with van der Waals surface area (Å²) in [7, 11) is -3.87. The van der Waals surface area contributed by atoms with Gasteiger partial charge in [0.15, 0.2) is 0 Å². The second kappa shape index (κ2) is 12.7. The molecule has 206 valence electrons. The number of rotatable bonds is 11. The Bertz CT molecular complexity index is 1370. The average Bonchev–Trinajstić information content (AvgIpc) is 2.95. The van der Waals surface area contributed by atoms with Crippen LogP contribution in [0.1, 0.15) is 28.4 Å². The predicted molar refractivity (Wildman–Crippen MR) is 148 cm³/mol. The minimum atomic E-state index is -3.87. The molecule has 0 radical (unpaired) electrons. The van der Waals surface area contributed by atoms with E-state index in [0.29, 0.717) is 37.6 Å². The molecule has 0 saturated carbocycles. The highest BCUT2D eigenvalue weighted by atomic mass is 32.2. The molecule has 4 rings (SSSR count). The van der Waals surface area contributed by atoms with Crippen LogP contribution < -0.4 is 19.7 Å². The van der Waals surface area contributed by atoms with Crippen LogP contribution in [0, 0.1) is 0 Å². The number of carboxylic acids is 1. The van der Waals surface area contributed by atoms with Crippen molar-refractivity contribution < 1.29 is 27.9 Å². The molecule has 1 amide bonds. The lowest BCUT2D eigenvalue weighted by molar-refractivity contribution is -0.138. The third-order valence-electron chi connectivity index (χ3n) is 6.37. The van der Waals surface area contributed by atoms with Crippen molar-refractivity contribution in [2.45, 2.75) is 26.1 Å². The normalized spacial score (nSPS) is 14.9. The highest BCUT2D eigenvalue weighted by molar-refractivity contribution is 7.87. The molecule has 1 atom stereocenters. The van der Waals surface area contributed by atoms with E-state index >= 15 is 0 Å². The maximum atomic E-state index is 12.6. The van der Waals surface area contributed by atoms with Gasteiger partial charge in [-0.1, -0.05) is 42.5 Å². The van der Waals surface area contributed by atoms with Gasteiger partial charge in [0.25, 0.3) is 16.1 Å². The highest BCUT2D eigenvalue weighted by Crippen LogP contribution is 2.22. The first kappa shape index (κ1) is 28.1. The van der Waals surface area contributed by atoms with Crippen LogP contribution in [0.5, 0.6) is 5.75 Å². The zero-order valence-electron chi connectivity index (χ0n) is 21.6. The molecule has 39 heavy (non-hydrogen) atoms. The van der Waals surface area contributed by atoms with Crippen molar-refractivity contribution >= 4 is 27.8 Å². The number of nitrogens with zero attached hydrogens (tertiary/aromatic N) is 2. The Morgan fingerprint density at radius 2 is 1.59 bits per heavy atom. The minimum absolute atomic E-state index is 0.148. The van der Waals surface area contributed by atoms with Gasteiger partial charge in [-0.15, -0.1) is 0 Å². The first-order valence-corrected chi connectivity index (χ1v) is 14.0. The summed E-state index contributed by atoms with van der Waals surface area (Å²) in [6.45, 7) is 3.49. The molecule has 0 aliphatic carbocycles. The van der Waals surface area contributed by atoms with Crippen molar-refractivity contribution in [2.24, 2.45) is 0 Å². The fourth-order valence-corrected chi connectivity index (χ4v) is 5.48. The molecule has 1 saturated heterocycles. The molecule has 3 aromatic carbocycles. The van der Waals surface area contributed by atoms with E-state index in [9.17, 15) is 18.0 Å². The standard InChI is InChI=1S/C28H32N4O6S/c1-21(28(34)35)30-39(36,37)32-16-14-31(15-17-32)25-10-12-26(13-11-25)38-20-23-8-5-9-24(18-23)27(33)29-19-22-6-3-2-4-7-22/h2-13,18,21,30H,14-17,19-20H2,1H3,(H,29,33)(H,34,35)/t21-/m1/s1. The van der Waals surface area contributed by atoms with Crippen molar-refractivity contribution in [3.05, 3.63) is 95.6 Å². The number of carbonyl (C=O) groups is 2. The molecule has 1 fully saturated rings. The van der Waals surface area contributed by atoms with Gasteiger partial charge < -0.3 is 20.1 Å². The number of ether oxygens (including phenoxy) is 1. The molecule has 11 heteroatoms. The van der Waals surface area contributed by atoms with E-state index in [1.807, 2.05) is 72.8 Å². The summed E-state index contributed by atoms with van der Waals surface area (Å²) < 4.78 is 34.2. The van der Waals surface area contributed by atoms with Crippen LogP contribution >= 0.6 is 0 Å². The summed E-state index contributed by atoms with van der Waals surface area (Å²) in [6, 6.07) is 23.4. The Kier molecular flexibility index (Phi) is 9.18. The minimum Gasteiger partial charge on any atom is -0.489 e. The molecule has 0 unspecified atom stereocenters. The maximum absolute atomic E-state index is 12.6. The van der Waals surface area contributed by atoms with E-state index in [1.54, 1.807) is 6.07 Å². The SMILES string of the molecule is C[C@@H](NS(=O)(=O)N1CCN(c2ccc(OCc3cccc(C(=O)NCc4ccccc4)c3)cc2)CC1)C(=O)O. The van der Waals surface area contributed by atoms with Crippen molar-refractivity contribution in [3.8, 4) is 5.75 Å². The Labute approximate surface area is 228 Å². The Morgan fingerprint density at radius 3 is 2.26 bits per heavy atom. The van der Waals surface area contributed by atoms with Crippen LogP contribution in [-0.2, 0) is 28.2 Å². The lowest BCUT2D eigenvalue weighted by atomic mass is 10.1. The second-order valence-corrected chi connectivity index (χ2v) is 10.9. The van der Waals surface area contributed by atoms with Crippen LogP contribution in [0.2, 0.25) is 0 Å². The van der Waals surface area contributed by atoms with E-state index in [1.165, 1.54) is 11.2 Å². The summed E-state index contributed by atoms with van der Waals surface area (Å²) >= 11 is 0. The van der Waals surface area contributed by atoms with Gasteiger partial charge in [0.05, 0.1) is 0 Å². The lowest BCUT2D eigenvalue weighted by Gasteiger charge is -2.35. The number of carboxylic acid groups (broad SMARTS) is 1. The Hall–Kier alpha value is -3.93. The number of carbonyl (C=O) groups excluding carboxylic acids is 1. The smallest absolute Gasteiger partial charge is 0.321 e. The number of hydrogen-bond acceptors (Lipinski definition) is 6. The maximum Gasteiger partial charge on any atom is 0.321 e. The van der Waals surface area contributed by atoms with Crippen molar-refractivity contribution in [1.29, 1.82) is 0 Å². The van der Waals surface area contributed by atoms with Crippen LogP contribution in [0.4, 0.5) is 5.69 Å². The molecule has 0 bridgehead atoms. The van der Waals surface area contributed by atoms with Gasteiger partial charge in [-0.2, -0.15) is 17.4 Å². The van der Waals surface area contributed by atoms with Gasteiger partial charge in [-0.25, -0.2) is 0 Å². The summed E-state index contributed by atoms with van der Waals surface area (Å²) in [4.78, 5) is 25.6. The van der Waals surface area contributed by atoms with Crippen LogP contribution in [-0.4, -0.2) is 61.9 Å². The largest absolute Gasteiger partial charge is 0.489 e. The molecular formula is C28H32N4O6S. The molecule has 0 spiro atoms. The van der Waals surface area contributed by atoms with E-state index in [2.05, 4.69) is 14.9 Å². The monoisotopic (exact) mass is 552 g/mol. The number of benzene rings is 3. The quantitative estimate of drug-likeness (QED) is 0.334. The van der Waals surface area contributed by atoms with Gasteiger partial charge in [0, 0.05) is 44.0 Å². The fraction of sp³-hybridized carbons (Fsp3) is 0.286. The molecule has 1 aliphatic rings. The van der Waals surface area contributed by atoms with Gasteiger partial charge in [0.2, 0.25) is 0 Å². The number of amides is 1. The van der Waals surface area contributed by atoms with E-state index in [4.69, 9.17) is 9.84 Å². The molecular weight excluding hydrogens is 520 g/mol. The van der Waals surface area contributed by atoms with Crippen molar-refractivity contribution in [2.75, 3.05) is 31.1 Å². The molecule has 3 aromatic rings. The predicted octanol–water partition coefficient (Wildman–Crippen LogP) is 2.63. The number of anilines is 1. The number of piperazine rings is 1. The van der Waals surface area contributed by atoms with E-state index < -0.39 is 22.2 Å². The van der Waals surface area contributed by atoms with Gasteiger partial charge >= 0.3 is 5.97 Å². The zero-order valence-corrected chi connectivity index (χ0v) is 22.4. The molecule has 10 nitrogen and oxygen atoms in total. The number of hydrogen-bond donors (Lipinski definition) is 3. The van der Waals surface area contributed by atoms with Crippen molar-refractivity contribution in [1.82, 2.24) is 14.3 Å². The van der Waals surface area contributed by atoms with Gasteiger partial charge in [-0.3, -0.25) is 9.59 Å². The topological polar surface area (TPSA) is 128 Å². The average molecular weight is 553 g/mol. The van der Waals surface area contributed by atoms with E-state index in [-0.39, 0.29) is 19.0 Å². The second-order valence-electron chi connectivity index (χ2n) is 9.22. The highest BCUT2D eigenvalue weighted by Gasteiger charge is 2.29. The number of aliphatic carboxylic acids is 1. The molecule has 3 N–H and O–H groups in total. The lowest BCUT2D eigenvalue weighted by Crippen LogP contribution is -2.54. The van der Waals surface area contributed by atoms with Crippen molar-refractivity contribution in [3.63, 3.8) is 0 Å². The van der Waals surface area contributed by atoms with Gasteiger partial charge in [0.1, 0.15) is 18.4 Å². The Balaban J connectivity index is 1.26. The zero-order chi connectivity index (χ0) is 27.8. The summed E-state index contributed by atoms with van der Waals surface area (Å²) in [6.07, 6.45) is 0.